The van der Waals surface area contributed by atoms with E-state index in [0.717, 1.165) is 51.4 Å². The van der Waals surface area contributed by atoms with Crippen molar-refractivity contribution in [1.82, 2.24) is 14.2 Å². The average molecular weight is 597 g/mol. The van der Waals surface area contributed by atoms with Gasteiger partial charge in [-0.25, -0.2) is 9.46 Å². The molecular weight excluding hydrogens is 547 g/mol. The Bertz CT molecular complexity index is 1070. The van der Waals surface area contributed by atoms with E-state index >= 15 is 0 Å². The molecule has 11 nitrogen and oxygen atoms in total. The lowest BCUT2D eigenvalue weighted by atomic mass is 10.0. The second-order valence-corrected chi connectivity index (χ2v) is 12.9. The molecule has 12 heteroatoms. The Balaban J connectivity index is 1.89. The number of ether oxygens (including phenoxy) is 3. The Hall–Kier alpha value is -1.64. The molecule has 1 aromatic rings. The van der Waals surface area contributed by atoms with Crippen molar-refractivity contribution in [1.29, 1.82) is 5.26 Å². The summed E-state index contributed by atoms with van der Waals surface area (Å²) in [6.45, 7) is 13.1. The van der Waals surface area contributed by atoms with Crippen LogP contribution < -0.4 is 11.2 Å². The number of hydrogen-bond donors (Lipinski definition) is 1. The minimum absolute atomic E-state index is 0.156. The number of H-pyrrole nitrogens is 1. The summed E-state index contributed by atoms with van der Waals surface area (Å²) < 4.78 is 35.9. The van der Waals surface area contributed by atoms with Crippen molar-refractivity contribution in [3.63, 3.8) is 0 Å². The minimum Gasteiger partial charge on any atom is -0.346 e. The zero-order valence-electron chi connectivity index (χ0n) is 25.5. The van der Waals surface area contributed by atoms with E-state index in [-0.39, 0.29) is 31.7 Å². The van der Waals surface area contributed by atoms with E-state index in [2.05, 4.69) is 57.3 Å². The summed E-state index contributed by atoms with van der Waals surface area (Å²) in [6.07, 6.45) is 7.18. The van der Waals surface area contributed by atoms with Gasteiger partial charge in [0, 0.05) is 37.2 Å². The molecule has 0 aromatic carbocycles. The first-order valence-corrected chi connectivity index (χ1v) is 16.3. The number of nitrogens with one attached hydrogen (secondary N) is 1. The highest BCUT2D eigenvalue weighted by molar-refractivity contribution is 7.44. The Morgan fingerprint density at radius 1 is 1.05 bits per heavy atom. The molecule has 2 saturated heterocycles. The van der Waals surface area contributed by atoms with E-state index in [4.69, 9.17) is 28.5 Å². The predicted molar refractivity (Wildman–Crippen MR) is 157 cm³/mol. The highest BCUT2D eigenvalue weighted by atomic mass is 31.2. The summed E-state index contributed by atoms with van der Waals surface area (Å²) in [6, 6.07) is 3.74. The van der Waals surface area contributed by atoms with Crippen molar-refractivity contribution >= 4 is 8.53 Å². The normalized spacial score (nSPS) is 24.3. The van der Waals surface area contributed by atoms with Gasteiger partial charge in [0.1, 0.15) is 18.3 Å². The van der Waals surface area contributed by atoms with Gasteiger partial charge in [-0.05, 0) is 40.5 Å². The molecule has 2 aliphatic heterocycles. The third kappa shape index (κ3) is 8.93. The number of hydrogen-bond acceptors (Lipinski definition) is 9. The molecule has 1 aromatic heterocycles. The summed E-state index contributed by atoms with van der Waals surface area (Å²) in [5, 5.41) is 9.04. The van der Waals surface area contributed by atoms with Gasteiger partial charge in [0.15, 0.2) is 12.0 Å². The number of nitrogens with zero attached hydrogens (tertiary/aromatic N) is 3. The molecule has 2 fully saturated rings. The number of unbranched alkanes of at least 4 members (excludes halogenated alkanes) is 4. The van der Waals surface area contributed by atoms with E-state index in [1.54, 1.807) is 0 Å². The first-order chi connectivity index (χ1) is 19.7. The van der Waals surface area contributed by atoms with Crippen LogP contribution in [0.1, 0.15) is 106 Å². The van der Waals surface area contributed by atoms with Crippen LogP contribution in [0.15, 0.2) is 21.9 Å². The molecule has 2 aliphatic rings. The maximum absolute atomic E-state index is 12.8. The molecule has 41 heavy (non-hydrogen) atoms. The highest BCUT2D eigenvalue weighted by Gasteiger charge is 2.58. The zero-order valence-corrected chi connectivity index (χ0v) is 26.4. The lowest BCUT2D eigenvalue weighted by molar-refractivity contribution is -0.227. The van der Waals surface area contributed by atoms with Crippen LogP contribution >= 0.6 is 8.53 Å². The molecular formula is C29H49N4O7P. The van der Waals surface area contributed by atoms with Gasteiger partial charge < -0.3 is 23.3 Å². The summed E-state index contributed by atoms with van der Waals surface area (Å²) in [5.41, 5.74) is -1.03. The highest BCUT2D eigenvalue weighted by Crippen LogP contribution is 2.50. The maximum Gasteiger partial charge on any atom is 0.330 e. The minimum atomic E-state index is -1.49. The zero-order chi connectivity index (χ0) is 30.0. The number of nitriles is 1. The van der Waals surface area contributed by atoms with Crippen molar-refractivity contribution in [2.45, 2.75) is 142 Å². The van der Waals surface area contributed by atoms with Gasteiger partial charge in [0.25, 0.3) is 14.1 Å². The molecule has 3 rings (SSSR count). The lowest BCUT2D eigenvalue weighted by Gasteiger charge is -2.36. The van der Waals surface area contributed by atoms with Gasteiger partial charge in [-0.3, -0.25) is 14.3 Å². The number of rotatable bonds is 18. The molecule has 5 atom stereocenters. The van der Waals surface area contributed by atoms with Crippen molar-refractivity contribution in [2.75, 3.05) is 13.2 Å². The topological polar surface area (TPSA) is 128 Å². The van der Waals surface area contributed by atoms with Gasteiger partial charge in [-0.1, -0.05) is 39.5 Å². The summed E-state index contributed by atoms with van der Waals surface area (Å²) >= 11 is 0. The first-order valence-electron chi connectivity index (χ1n) is 15.2. The van der Waals surface area contributed by atoms with Crippen LogP contribution in [0.25, 0.3) is 0 Å². The van der Waals surface area contributed by atoms with Crippen molar-refractivity contribution < 1.29 is 23.3 Å². The molecule has 0 spiro atoms. The molecule has 1 unspecified atom stereocenters. The summed E-state index contributed by atoms with van der Waals surface area (Å²) in [4.78, 5) is 26.9. The second-order valence-electron chi connectivity index (χ2n) is 11.4. The van der Waals surface area contributed by atoms with Crippen molar-refractivity contribution in [3.05, 3.63) is 33.1 Å². The molecule has 232 valence electrons. The molecule has 0 bridgehead atoms. The fourth-order valence-corrected chi connectivity index (χ4v) is 7.20. The SMILES string of the molecule is CCCCCC1(CCCCC)O[C@@H]2[C@H](O1)[C@@H](COP(OCCC#N)N(C(C)C)C(C)C)O[C@H]2n1ccc(=O)[nH]c1=O. The molecule has 3 heterocycles. The Labute approximate surface area is 245 Å². The van der Waals surface area contributed by atoms with Gasteiger partial charge in [-0.2, -0.15) is 5.26 Å². The van der Waals surface area contributed by atoms with Crippen LogP contribution in [-0.4, -0.2) is 63.6 Å². The first kappa shape index (κ1) is 33.9. The molecule has 1 N–H and O–H groups in total. The van der Waals surface area contributed by atoms with Gasteiger partial charge >= 0.3 is 5.69 Å². The second kappa shape index (κ2) is 16.3. The lowest BCUT2D eigenvalue weighted by Crippen LogP contribution is -2.38. The molecule has 0 saturated carbocycles. The number of aromatic amines is 1. The van der Waals surface area contributed by atoms with E-state index < -0.39 is 50.1 Å². The van der Waals surface area contributed by atoms with E-state index in [9.17, 15) is 9.59 Å². The van der Waals surface area contributed by atoms with Gasteiger partial charge in [0.2, 0.25) is 0 Å². The molecule has 0 radical (unpaired) electrons. The van der Waals surface area contributed by atoms with Crippen molar-refractivity contribution in [2.24, 2.45) is 0 Å². The van der Waals surface area contributed by atoms with Crippen LogP contribution in [0.4, 0.5) is 0 Å². The number of fused-ring (bicyclic) bond motifs is 1. The van der Waals surface area contributed by atoms with E-state index in [0.29, 0.717) is 0 Å². The van der Waals surface area contributed by atoms with E-state index in [1.807, 2.05) is 0 Å². The Morgan fingerprint density at radius 2 is 1.68 bits per heavy atom. The van der Waals surface area contributed by atoms with Crippen LogP contribution in [0, 0.1) is 11.3 Å². The quantitative estimate of drug-likeness (QED) is 0.176. The predicted octanol–water partition coefficient (Wildman–Crippen LogP) is 5.37. The third-order valence-electron chi connectivity index (χ3n) is 7.45. The van der Waals surface area contributed by atoms with Gasteiger partial charge in [-0.15, -0.1) is 0 Å². The summed E-state index contributed by atoms with van der Waals surface area (Å²) in [7, 11) is -1.49. The molecule has 0 amide bonds. The maximum atomic E-state index is 12.8. The van der Waals surface area contributed by atoms with Gasteiger partial charge in [0.05, 0.1) is 25.7 Å². The van der Waals surface area contributed by atoms with Crippen LogP contribution in [-0.2, 0) is 23.3 Å². The van der Waals surface area contributed by atoms with Crippen LogP contribution in [0.5, 0.6) is 0 Å². The number of aromatic nitrogens is 2. The van der Waals surface area contributed by atoms with E-state index in [1.165, 1.54) is 16.8 Å². The smallest absolute Gasteiger partial charge is 0.330 e. The monoisotopic (exact) mass is 596 g/mol. The Morgan fingerprint density at radius 3 is 2.24 bits per heavy atom. The largest absolute Gasteiger partial charge is 0.346 e. The standard InChI is InChI=1S/C29H49N4O7P/c1-7-9-11-15-29(16-12-10-8-2)39-25-23(20-37-41(36-19-13-17-30)33(21(3)4)22(5)6)38-27(26(25)40-29)32-18-14-24(34)31-28(32)35/h14,18,21-23,25-27H,7-13,15-16,19-20H2,1-6H3,(H,31,34,35)/t23-,25-,26-,27-,41?/m1/s1. The summed E-state index contributed by atoms with van der Waals surface area (Å²) in [5.74, 6) is -0.762. The van der Waals surface area contributed by atoms with Crippen LogP contribution in [0.3, 0.4) is 0 Å². The van der Waals surface area contributed by atoms with Crippen molar-refractivity contribution in [3.8, 4) is 6.07 Å². The molecule has 0 aliphatic carbocycles. The Kier molecular flexibility index (Phi) is 13.4. The fraction of sp³-hybridized carbons (Fsp3) is 0.828. The third-order valence-corrected chi connectivity index (χ3v) is 9.52. The average Bonchev–Trinajstić information content (AvgIpc) is 3.43. The van der Waals surface area contributed by atoms with Crippen LogP contribution in [0.2, 0.25) is 0 Å². The fourth-order valence-electron chi connectivity index (χ4n) is 5.59.